The molecule has 0 spiro atoms. The van der Waals surface area contributed by atoms with Gasteiger partial charge in [-0.25, -0.2) is 4.98 Å². The van der Waals surface area contributed by atoms with E-state index in [0.717, 1.165) is 31.6 Å². The molecule has 0 saturated carbocycles. The maximum atomic E-state index is 5.71. The van der Waals surface area contributed by atoms with Crippen LogP contribution in [0.4, 0.5) is 0 Å². The Morgan fingerprint density at radius 3 is 2.67 bits per heavy atom. The van der Waals surface area contributed by atoms with Gasteiger partial charge in [-0.3, -0.25) is 0 Å². The van der Waals surface area contributed by atoms with Gasteiger partial charge in [0.1, 0.15) is 5.82 Å². The van der Waals surface area contributed by atoms with E-state index in [-0.39, 0.29) is 5.60 Å². The van der Waals surface area contributed by atoms with Gasteiger partial charge in [-0.05, 0) is 26.3 Å². The van der Waals surface area contributed by atoms with Crippen molar-refractivity contribution >= 4 is 0 Å². The fourth-order valence-electron chi connectivity index (χ4n) is 2.31. The number of rotatable bonds is 8. The molecule has 1 rings (SSSR count). The normalized spacial score (nSPS) is 16.5. The smallest absolute Gasteiger partial charge is 0.108 e. The minimum atomic E-state index is -0.110. The molecule has 0 aliphatic carbocycles. The first-order chi connectivity index (χ1) is 8.57. The van der Waals surface area contributed by atoms with Crippen molar-refractivity contribution in [2.45, 2.75) is 51.7 Å². The van der Waals surface area contributed by atoms with E-state index in [1.54, 1.807) is 7.11 Å². The van der Waals surface area contributed by atoms with Gasteiger partial charge in [0.2, 0.25) is 0 Å². The van der Waals surface area contributed by atoms with Crippen molar-refractivity contribution in [2.24, 2.45) is 7.05 Å². The van der Waals surface area contributed by atoms with E-state index in [9.17, 15) is 0 Å². The molecule has 18 heavy (non-hydrogen) atoms. The molecule has 4 nitrogen and oxygen atoms in total. The second-order valence-electron chi connectivity index (χ2n) is 4.97. The molecule has 1 aromatic heterocycles. The van der Waals surface area contributed by atoms with Crippen LogP contribution in [-0.4, -0.2) is 34.8 Å². The maximum absolute atomic E-state index is 5.71. The number of likely N-dealkylation sites (N-methyl/N-ethyl adjacent to an activating group) is 1. The van der Waals surface area contributed by atoms with Crippen LogP contribution in [0.5, 0.6) is 0 Å². The molecule has 0 radical (unpaired) electrons. The molecule has 0 saturated heterocycles. The average molecular weight is 253 g/mol. The highest BCUT2D eigenvalue weighted by Crippen LogP contribution is 2.22. The van der Waals surface area contributed by atoms with Gasteiger partial charge in [-0.15, -0.1) is 0 Å². The van der Waals surface area contributed by atoms with Gasteiger partial charge in [0, 0.05) is 39.0 Å². The van der Waals surface area contributed by atoms with E-state index in [2.05, 4.69) is 35.6 Å². The zero-order chi connectivity index (χ0) is 13.6. The SMILES string of the molecule is CCNC(CCc1nccn1C)C(C)(CC)OC. The molecular formula is C14H27N3O. The van der Waals surface area contributed by atoms with E-state index in [1.807, 2.05) is 19.4 Å². The highest BCUT2D eigenvalue weighted by Gasteiger charge is 2.31. The summed E-state index contributed by atoms with van der Waals surface area (Å²) >= 11 is 0. The number of aromatic nitrogens is 2. The highest BCUT2D eigenvalue weighted by atomic mass is 16.5. The number of methoxy groups -OCH3 is 1. The van der Waals surface area contributed by atoms with E-state index in [0.29, 0.717) is 6.04 Å². The Morgan fingerprint density at radius 1 is 1.50 bits per heavy atom. The summed E-state index contributed by atoms with van der Waals surface area (Å²) in [6, 6.07) is 0.356. The maximum Gasteiger partial charge on any atom is 0.108 e. The number of hydrogen-bond acceptors (Lipinski definition) is 3. The highest BCUT2D eigenvalue weighted by molar-refractivity contribution is 4.95. The third kappa shape index (κ3) is 3.56. The van der Waals surface area contributed by atoms with Crippen molar-refractivity contribution < 1.29 is 4.74 Å². The lowest BCUT2D eigenvalue weighted by molar-refractivity contribution is -0.0307. The van der Waals surface area contributed by atoms with E-state index in [4.69, 9.17) is 4.74 Å². The summed E-state index contributed by atoms with van der Waals surface area (Å²) in [5, 5.41) is 3.54. The Bertz CT molecular complexity index is 345. The number of hydrogen-bond donors (Lipinski definition) is 1. The quantitative estimate of drug-likeness (QED) is 0.771. The fourth-order valence-corrected chi connectivity index (χ4v) is 2.31. The van der Waals surface area contributed by atoms with Gasteiger partial charge < -0.3 is 14.6 Å². The zero-order valence-corrected chi connectivity index (χ0v) is 12.4. The summed E-state index contributed by atoms with van der Waals surface area (Å²) in [5.41, 5.74) is -0.110. The largest absolute Gasteiger partial charge is 0.377 e. The molecule has 0 amide bonds. The number of imidazole rings is 1. The van der Waals surface area contributed by atoms with Crippen molar-refractivity contribution in [2.75, 3.05) is 13.7 Å². The molecule has 104 valence electrons. The molecule has 2 atom stereocenters. The predicted molar refractivity (Wildman–Crippen MR) is 74.7 cm³/mol. The first kappa shape index (κ1) is 15.2. The van der Waals surface area contributed by atoms with Crippen molar-refractivity contribution in [1.82, 2.24) is 14.9 Å². The Morgan fingerprint density at radius 2 is 2.22 bits per heavy atom. The summed E-state index contributed by atoms with van der Waals surface area (Å²) in [6.45, 7) is 7.46. The minimum absolute atomic E-state index is 0.110. The summed E-state index contributed by atoms with van der Waals surface area (Å²) in [4.78, 5) is 4.38. The zero-order valence-electron chi connectivity index (χ0n) is 12.4. The van der Waals surface area contributed by atoms with Crippen molar-refractivity contribution in [1.29, 1.82) is 0 Å². The van der Waals surface area contributed by atoms with Gasteiger partial charge in [-0.1, -0.05) is 13.8 Å². The molecule has 4 heteroatoms. The molecule has 0 aliphatic rings. The molecule has 0 aromatic carbocycles. The van der Waals surface area contributed by atoms with Crippen LogP contribution in [-0.2, 0) is 18.2 Å². The predicted octanol–water partition coefficient (Wildman–Crippen LogP) is 2.15. The Labute approximate surface area is 111 Å². The van der Waals surface area contributed by atoms with Crippen LogP contribution in [0.25, 0.3) is 0 Å². The van der Waals surface area contributed by atoms with E-state index >= 15 is 0 Å². The van der Waals surface area contributed by atoms with Gasteiger partial charge in [0.15, 0.2) is 0 Å². The Hall–Kier alpha value is -0.870. The minimum Gasteiger partial charge on any atom is -0.377 e. The monoisotopic (exact) mass is 253 g/mol. The third-order valence-corrected chi connectivity index (χ3v) is 3.93. The second-order valence-corrected chi connectivity index (χ2v) is 4.97. The standard InChI is InChI=1S/C14H27N3O/c1-6-14(3,18-5)12(15-7-2)8-9-13-16-10-11-17(13)4/h10-12,15H,6-9H2,1-5H3. The fraction of sp³-hybridized carbons (Fsp3) is 0.786. The van der Waals surface area contributed by atoms with Crippen molar-refractivity contribution in [3.8, 4) is 0 Å². The van der Waals surface area contributed by atoms with Crippen LogP contribution in [0.3, 0.4) is 0 Å². The van der Waals surface area contributed by atoms with Gasteiger partial charge in [-0.2, -0.15) is 0 Å². The Kier molecular flexibility index (Phi) is 5.82. The second kappa shape index (κ2) is 6.90. The van der Waals surface area contributed by atoms with Gasteiger partial charge in [0.25, 0.3) is 0 Å². The summed E-state index contributed by atoms with van der Waals surface area (Å²) < 4.78 is 7.79. The van der Waals surface area contributed by atoms with Crippen molar-refractivity contribution in [3.05, 3.63) is 18.2 Å². The van der Waals surface area contributed by atoms with Crippen LogP contribution in [0.1, 0.15) is 39.4 Å². The Balaban J connectivity index is 2.66. The van der Waals surface area contributed by atoms with Crippen LogP contribution in [0, 0.1) is 0 Å². The molecule has 2 unspecified atom stereocenters. The molecule has 1 aromatic rings. The molecular weight excluding hydrogens is 226 g/mol. The van der Waals surface area contributed by atoms with Crippen LogP contribution >= 0.6 is 0 Å². The molecule has 0 bridgehead atoms. The lowest BCUT2D eigenvalue weighted by atomic mass is 9.89. The van der Waals surface area contributed by atoms with Gasteiger partial charge in [0.05, 0.1) is 5.60 Å². The number of ether oxygens (including phenoxy) is 1. The molecule has 0 fully saturated rings. The molecule has 1 heterocycles. The van der Waals surface area contributed by atoms with Crippen LogP contribution < -0.4 is 5.32 Å². The van der Waals surface area contributed by atoms with E-state index < -0.39 is 0 Å². The first-order valence-corrected chi connectivity index (χ1v) is 6.82. The van der Waals surface area contributed by atoms with Crippen LogP contribution in [0.15, 0.2) is 12.4 Å². The lowest BCUT2D eigenvalue weighted by Crippen LogP contribution is -2.50. The summed E-state index contributed by atoms with van der Waals surface area (Å²) in [5.74, 6) is 1.13. The van der Waals surface area contributed by atoms with Gasteiger partial charge >= 0.3 is 0 Å². The number of aryl methyl sites for hydroxylation is 2. The third-order valence-electron chi connectivity index (χ3n) is 3.93. The summed E-state index contributed by atoms with van der Waals surface area (Å²) in [6.07, 6.45) is 6.86. The first-order valence-electron chi connectivity index (χ1n) is 6.82. The average Bonchev–Trinajstić information content (AvgIpc) is 2.79. The van der Waals surface area contributed by atoms with Crippen molar-refractivity contribution in [3.63, 3.8) is 0 Å². The number of nitrogens with zero attached hydrogens (tertiary/aromatic N) is 2. The molecule has 0 aliphatic heterocycles. The topological polar surface area (TPSA) is 39.1 Å². The van der Waals surface area contributed by atoms with Crippen LogP contribution in [0.2, 0.25) is 0 Å². The number of nitrogens with one attached hydrogen (secondary N) is 1. The summed E-state index contributed by atoms with van der Waals surface area (Å²) in [7, 11) is 3.84. The van der Waals surface area contributed by atoms with E-state index in [1.165, 1.54) is 0 Å². The lowest BCUT2D eigenvalue weighted by Gasteiger charge is -2.36. The molecule has 1 N–H and O–H groups in total.